The number of hydrogen-bond acceptors (Lipinski definition) is 18. The van der Waals surface area contributed by atoms with Gasteiger partial charge in [0.05, 0.1) is 29.4 Å². The van der Waals surface area contributed by atoms with Crippen LogP contribution in [0, 0.1) is 0 Å². The quantitative estimate of drug-likeness (QED) is 0.0471. The molecule has 17 N–H and O–H groups in total. The van der Waals surface area contributed by atoms with E-state index < -0.39 is 122 Å². The number of nitrogens with two attached hydrogens (primary N) is 4. The van der Waals surface area contributed by atoms with Gasteiger partial charge in [-0.1, -0.05) is 21.1 Å². The highest BCUT2D eigenvalue weighted by Crippen LogP contribution is 2.39. The zero-order chi connectivity index (χ0) is 40.2. The van der Waals surface area contributed by atoms with Crippen LogP contribution in [0.4, 0.5) is 0 Å². The molecule has 24 heteroatoms. The lowest BCUT2D eigenvalue weighted by molar-refractivity contribution is -0.313. The average Bonchev–Trinajstić information content (AvgIpc) is 3.33. The molecule has 22 nitrogen and oxygen atoms in total. The van der Waals surface area contributed by atoms with Gasteiger partial charge in [0.2, 0.25) is 0 Å². The van der Waals surface area contributed by atoms with Crippen LogP contribution in [0.3, 0.4) is 0 Å². The van der Waals surface area contributed by atoms with E-state index in [1.165, 1.54) is 14.0 Å². The van der Waals surface area contributed by atoms with Gasteiger partial charge in [-0.2, -0.15) is 0 Å². The number of carbonyl (C=O) groups excluding carboxylic acids is 1. The van der Waals surface area contributed by atoms with Crippen LogP contribution < -0.4 is 28.3 Å². The van der Waals surface area contributed by atoms with Crippen molar-refractivity contribution in [1.82, 2.24) is 5.32 Å². The monoisotopic (exact) mass is 900 g/mol. The van der Waals surface area contributed by atoms with E-state index in [0.717, 1.165) is 6.21 Å². The van der Waals surface area contributed by atoms with Gasteiger partial charge in [-0.05, 0) is 42.0 Å². The molecule has 304 valence electrons. The van der Waals surface area contributed by atoms with Gasteiger partial charge in [0.15, 0.2) is 42.5 Å². The largest absolute Gasteiger partial charge is 0.506 e. The Morgan fingerprint density at radius 3 is 2.20 bits per heavy atom. The number of aliphatic hydroxyl groups excluding tert-OH is 6. The standard InChI is InChI=1S/C30H46Br2N8O14/c1-9-30(49,8-38-50-7-12(42)4-10-3-11(31)5-13(32)18(10)43)25(54-26-17(37-2)22(47)19(44)14(6-41)52-26)27(51-9)53-24-16(40-29(35)36)20(45)15(39-28(33)34)21(46)23(24)48/h3,5,8-9,14-17,19-27,37,41,43-49H,4,6-7H2,1-2H3,(H4,33,34,39)(H4,35,36,40)/b38-8+/t9-,14-,15+,16-,17-,19-,20+,21-,22-,23+,24+,25-,26-,27-,30+/m0/s1. The highest BCUT2D eigenvalue weighted by Gasteiger charge is 2.60. The summed E-state index contributed by atoms with van der Waals surface area (Å²) in [6.45, 7) is 0.0316. The van der Waals surface area contributed by atoms with Gasteiger partial charge < -0.3 is 92.9 Å². The molecule has 0 radical (unpaired) electrons. The molecule has 1 aromatic carbocycles. The number of rotatable bonds is 14. The minimum Gasteiger partial charge on any atom is -0.506 e. The highest BCUT2D eigenvalue weighted by atomic mass is 79.9. The molecule has 1 saturated carbocycles. The van der Waals surface area contributed by atoms with Crippen molar-refractivity contribution >= 4 is 55.8 Å². The summed E-state index contributed by atoms with van der Waals surface area (Å²) in [5.74, 6) is -1.73. The number of nitrogens with zero attached hydrogens (tertiary/aromatic N) is 3. The number of nitrogens with one attached hydrogen (secondary N) is 1. The number of guanidine groups is 2. The Labute approximate surface area is 325 Å². The van der Waals surface area contributed by atoms with E-state index in [9.17, 15) is 45.6 Å². The number of ketones is 1. The number of hydrogen-bond donors (Lipinski definition) is 13. The maximum atomic E-state index is 12.7. The molecule has 0 spiro atoms. The van der Waals surface area contributed by atoms with Crippen LogP contribution in [0.5, 0.6) is 5.75 Å². The van der Waals surface area contributed by atoms with Crippen molar-refractivity contribution in [1.29, 1.82) is 0 Å². The summed E-state index contributed by atoms with van der Waals surface area (Å²) < 4.78 is 24.8. The SMILES string of the molecule is CN[C@@H]1[C@H](O[C@H]2[C@H](O[C@H]3[C@H](O)[C@@H](O)[C@H](N=C(N)N)[C@@H](O)[C@@H]3N=C(N)N)O[C@@H](C)[C@]2(O)/C=N/OCC(=O)Cc2cc(Br)cc(Br)c2O)O[C@@H](CO)[C@H](O)[C@H]1O. The number of phenolic OH excluding ortho intramolecular Hbond substituents is 1. The first-order valence-corrected chi connectivity index (χ1v) is 18.0. The van der Waals surface area contributed by atoms with Crippen molar-refractivity contribution in [2.24, 2.45) is 38.1 Å². The van der Waals surface area contributed by atoms with Crippen molar-refractivity contribution < 1.29 is 69.4 Å². The maximum Gasteiger partial charge on any atom is 0.188 e. The second-order valence-corrected chi connectivity index (χ2v) is 14.7. The molecule has 3 fully saturated rings. The molecule has 0 amide bonds. The average molecular weight is 903 g/mol. The molecular formula is C30H46Br2N8O14. The summed E-state index contributed by atoms with van der Waals surface area (Å²) >= 11 is 6.49. The Balaban J connectivity index is 1.65. The molecule has 0 unspecified atom stereocenters. The van der Waals surface area contributed by atoms with Crippen molar-refractivity contribution in [3.63, 3.8) is 0 Å². The summed E-state index contributed by atoms with van der Waals surface area (Å²) in [4.78, 5) is 25.6. The summed E-state index contributed by atoms with van der Waals surface area (Å²) in [6, 6.07) is -1.09. The van der Waals surface area contributed by atoms with E-state index in [2.05, 4.69) is 52.3 Å². The summed E-state index contributed by atoms with van der Waals surface area (Å²) in [7, 11) is 1.42. The lowest BCUT2D eigenvalue weighted by Crippen LogP contribution is -2.66. The van der Waals surface area contributed by atoms with Gasteiger partial charge in [-0.25, -0.2) is 9.98 Å². The number of aliphatic hydroxyl groups is 7. The van der Waals surface area contributed by atoms with Crippen LogP contribution in [-0.2, 0) is 35.0 Å². The molecule has 4 rings (SSSR count). The molecule has 2 saturated heterocycles. The third-order valence-corrected chi connectivity index (χ3v) is 10.3. The smallest absolute Gasteiger partial charge is 0.188 e. The molecular weight excluding hydrogens is 856 g/mol. The second-order valence-electron chi connectivity index (χ2n) is 12.9. The molecule has 0 aromatic heterocycles. The van der Waals surface area contributed by atoms with Crippen LogP contribution in [-0.4, -0.2) is 176 Å². The first-order chi connectivity index (χ1) is 25.3. The Morgan fingerprint density at radius 2 is 1.59 bits per heavy atom. The van der Waals surface area contributed by atoms with Gasteiger partial charge in [-0.15, -0.1) is 0 Å². The van der Waals surface area contributed by atoms with Crippen molar-refractivity contribution in [2.75, 3.05) is 20.3 Å². The number of benzene rings is 1. The molecule has 3 aliphatic rings. The molecule has 1 aliphatic carbocycles. The third kappa shape index (κ3) is 9.58. The molecule has 1 aromatic rings. The summed E-state index contributed by atoms with van der Waals surface area (Å²) in [6.07, 6.45) is -17.4. The number of phenols is 1. The first-order valence-electron chi connectivity index (χ1n) is 16.4. The Kier molecular flexibility index (Phi) is 15.0. The van der Waals surface area contributed by atoms with Gasteiger partial charge in [0.25, 0.3) is 0 Å². The summed E-state index contributed by atoms with van der Waals surface area (Å²) in [5.41, 5.74) is 20.1. The zero-order valence-corrected chi connectivity index (χ0v) is 32.0. The predicted molar refractivity (Wildman–Crippen MR) is 194 cm³/mol. The number of aromatic hydroxyl groups is 1. The Morgan fingerprint density at radius 1 is 0.944 bits per heavy atom. The lowest BCUT2D eigenvalue weighted by Gasteiger charge is -2.45. The topological polar surface area (TPSA) is 378 Å². The fourth-order valence-corrected chi connectivity index (χ4v) is 7.66. The number of likely N-dealkylation sites (N-methyl/N-ethyl adjacent to an activating group) is 1. The lowest BCUT2D eigenvalue weighted by atomic mass is 9.81. The molecule has 0 bridgehead atoms. The third-order valence-electron chi connectivity index (χ3n) is 9.20. The van der Waals surface area contributed by atoms with Crippen molar-refractivity contribution in [2.45, 2.75) is 105 Å². The van der Waals surface area contributed by atoms with E-state index in [4.69, 9.17) is 46.7 Å². The van der Waals surface area contributed by atoms with Crippen LogP contribution in [0.1, 0.15) is 12.5 Å². The number of Topliss-reactive ketones (excluding diaryl/α,β-unsaturated/α-hetero) is 1. The number of ether oxygens (including phenoxy) is 4. The number of aliphatic imine (C=N–C) groups is 2. The van der Waals surface area contributed by atoms with Crippen molar-refractivity contribution in [3.05, 3.63) is 26.6 Å². The fourth-order valence-electron chi connectivity index (χ4n) is 6.34. The normalized spacial score (nSPS) is 38.3. The van der Waals surface area contributed by atoms with Crippen LogP contribution in [0.25, 0.3) is 0 Å². The van der Waals surface area contributed by atoms with Gasteiger partial charge in [-0.3, -0.25) is 4.79 Å². The molecule has 2 heterocycles. The Hall–Kier alpha value is -2.82. The summed E-state index contributed by atoms with van der Waals surface area (Å²) in [5, 5.41) is 93.2. The van der Waals surface area contributed by atoms with Crippen LogP contribution in [0.15, 0.2) is 36.2 Å². The Bertz CT molecular complexity index is 1560. The molecule has 54 heavy (non-hydrogen) atoms. The first kappa shape index (κ1) is 43.9. The van der Waals surface area contributed by atoms with E-state index in [1.807, 2.05) is 0 Å². The zero-order valence-electron chi connectivity index (χ0n) is 28.9. The van der Waals surface area contributed by atoms with E-state index >= 15 is 0 Å². The second kappa shape index (κ2) is 18.4. The van der Waals surface area contributed by atoms with E-state index in [-0.39, 0.29) is 12.2 Å². The minimum atomic E-state index is -2.33. The number of carbonyl (C=O) groups is 1. The molecule has 2 aliphatic heterocycles. The predicted octanol–water partition coefficient (Wildman–Crippen LogP) is -5.32. The van der Waals surface area contributed by atoms with E-state index in [1.54, 1.807) is 12.1 Å². The number of halogens is 2. The van der Waals surface area contributed by atoms with E-state index in [0.29, 0.717) is 14.5 Å². The number of oxime groups is 1. The highest BCUT2D eigenvalue weighted by molar-refractivity contribution is 9.11. The van der Waals surface area contributed by atoms with Gasteiger partial charge in [0.1, 0.15) is 66.7 Å². The fraction of sp³-hybridized carbons (Fsp3) is 0.667. The van der Waals surface area contributed by atoms with Crippen LogP contribution in [0.2, 0.25) is 0 Å². The molecule has 15 atom stereocenters. The maximum absolute atomic E-state index is 12.7. The van der Waals surface area contributed by atoms with Crippen LogP contribution >= 0.6 is 31.9 Å². The van der Waals surface area contributed by atoms with Crippen molar-refractivity contribution in [3.8, 4) is 5.75 Å². The van der Waals surface area contributed by atoms with Gasteiger partial charge >= 0.3 is 0 Å². The minimum absolute atomic E-state index is 0.143. The van der Waals surface area contributed by atoms with Gasteiger partial charge in [0, 0.05) is 16.5 Å².